The molecule has 0 radical (unpaired) electrons. The monoisotopic (exact) mass is 402 g/mol. The van der Waals surface area contributed by atoms with E-state index in [0.717, 1.165) is 35.7 Å². The predicted octanol–water partition coefficient (Wildman–Crippen LogP) is 4.53. The summed E-state index contributed by atoms with van der Waals surface area (Å²) in [6.07, 6.45) is 1.31. The summed E-state index contributed by atoms with van der Waals surface area (Å²) in [5.74, 6) is -0.220. The lowest BCUT2D eigenvalue weighted by Crippen LogP contribution is -2.48. The highest BCUT2D eigenvalue weighted by atomic mass is 19.1. The van der Waals surface area contributed by atoms with Crippen LogP contribution in [0, 0.1) is 11.2 Å². The van der Waals surface area contributed by atoms with Crippen molar-refractivity contribution >= 4 is 29.2 Å². The minimum absolute atomic E-state index is 0.0641. The molecule has 4 rings (SSSR count). The number of nitrogens with one attached hydrogen (secondary N) is 2. The number of halogens is 1. The molecule has 3 aromatic carbocycles. The Kier molecular flexibility index (Phi) is 5.75. The molecule has 5 nitrogen and oxygen atoms in total. The molecule has 1 aliphatic rings. The number of rotatable bonds is 5. The molecule has 2 N–H and O–H groups in total. The lowest BCUT2D eigenvalue weighted by Gasteiger charge is -2.36. The average Bonchev–Trinajstić information content (AvgIpc) is 2.81. The highest BCUT2D eigenvalue weighted by Gasteiger charge is 2.22. The first-order valence-electron chi connectivity index (χ1n) is 9.90. The topological polar surface area (TPSA) is 59.4 Å². The van der Waals surface area contributed by atoms with Crippen molar-refractivity contribution in [1.29, 1.82) is 5.41 Å². The van der Waals surface area contributed by atoms with Crippen LogP contribution in [0.1, 0.15) is 15.9 Å². The number of anilines is 3. The molecule has 30 heavy (non-hydrogen) atoms. The number of carbonyl (C=O) groups is 1. The molecule has 0 unspecified atom stereocenters. The van der Waals surface area contributed by atoms with E-state index in [1.54, 1.807) is 12.1 Å². The minimum Gasteiger partial charge on any atom is -0.368 e. The van der Waals surface area contributed by atoms with Crippen LogP contribution in [0.15, 0.2) is 72.8 Å². The summed E-state index contributed by atoms with van der Waals surface area (Å²) in [6, 6.07) is 21.4. The molecular formula is C24H23FN4O. The molecule has 0 saturated carbocycles. The molecule has 152 valence electrons. The van der Waals surface area contributed by atoms with Crippen LogP contribution < -0.4 is 10.2 Å². The summed E-state index contributed by atoms with van der Waals surface area (Å²) in [4.78, 5) is 16.7. The summed E-state index contributed by atoms with van der Waals surface area (Å²) in [7, 11) is 0. The van der Waals surface area contributed by atoms with E-state index in [-0.39, 0.29) is 11.7 Å². The van der Waals surface area contributed by atoms with Crippen LogP contribution in [-0.4, -0.2) is 43.2 Å². The number of piperazine rings is 1. The van der Waals surface area contributed by atoms with E-state index in [1.807, 2.05) is 53.4 Å². The molecule has 0 atom stereocenters. The van der Waals surface area contributed by atoms with Gasteiger partial charge in [0.15, 0.2) is 0 Å². The second-order valence-electron chi connectivity index (χ2n) is 7.19. The van der Waals surface area contributed by atoms with Crippen LogP contribution in [0.2, 0.25) is 0 Å². The first kappa shape index (κ1) is 19.6. The molecule has 1 aliphatic heterocycles. The third-order valence-corrected chi connectivity index (χ3v) is 5.27. The highest BCUT2D eigenvalue weighted by Crippen LogP contribution is 2.26. The molecule has 1 heterocycles. The second kappa shape index (κ2) is 8.78. The Balaban J connectivity index is 1.43. The molecule has 1 saturated heterocycles. The van der Waals surface area contributed by atoms with E-state index in [4.69, 9.17) is 5.41 Å². The molecular weight excluding hydrogens is 379 g/mol. The van der Waals surface area contributed by atoms with E-state index >= 15 is 0 Å². The van der Waals surface area contributed by atoms with Gasteiger partial charge in [0.1, 0.15) is 5.82 Å². The number of carbonyl (C=O) groups excluding carboxylic acids is 1. The van der Waals surface area contributed by atoms with Gasteiger partial charge in [0.2, 0.25) is 0 Å². The summed E-state index contributed by atoms with van der Waals surface area (Å²) in [6.45, 7) is 2.79. The van der Waals surface area contributed by atoms with Gasteiger partial charge in [-0.15, -0.1) is 0 Å². The van der Waals surface area contributed by atoms with Gasteiger partial charge < -0.3 is 20.5 Å². The molecule has 1 amide bonds. The van der Waals surface area contributed by atoms with Crippen LogP contribution in [-0.2, 0) is 0 Å². The van der Waals surface area contributed by atoms with Crippen LogP contribution in [0.3, 0.4) is 0 Å². The number of amides is 1. The summed E-state index contributed by atoms with van der Waals surface area (Å²) < 4.78 is 13.1. The third-order valence-electron chi connectivity index (χ3n) is 5.27. The standard InChI is InChI=1S/C24H23FN4O/c25-20-6-8-21(9-7-20)27-23-11-10-22(16-19(23)17-26)28-12-14-29(15-13-28)24(30)18-4-2-1-3-5-18/h1-11,16-17,26-27H,12-15H2. The first-order chi connectivity index (χ1) is 14.6. The van der Waals surface area contributed by atoms with E-state index < -0.39 is 0 Å². The van der Waals surface area contributed by atoms with Crippen LogP contribution in [0.5, 0.6) is 0 Å². The van der Waals surface area contributed by atoms with Gasteiger partial charge >= 0.3 is 0 Å². The Hall–Kier alpha value is -3.67. The van der Waals surface area contributed by atoms with E-state index in [2.05, 4.69) is 10.2 Å². The van der Waals surface area contributed by atoms with Crippen molar-refractivity contribution in [3.8, 4) is 0 Å². The zero-order chi connectivity index (χ0) is 20.9. The third kappa shape index (κ3) is 4.33. The number of hydrogen-bond acceptors (Lipinski definition) is 4. The lowest BCUT2D eigenvalue weighted by atomic mass is 10.1. The van der Waals surface area contributed by atoms with Crippen molar-refractivity contribution < 1.29 is 9.18 Å². The van der Waals surface area contributed by atoms with Gasteiger partial charge in [-0.2, -0.15) is 0 Å². The van der Waals surface area contributed by atoms with Crippen LogP contribution >= 0.6 is 0 Å². The van der Waals surface area contributed by atoms with Crippen LogP contribution in [0.25, 0.3) is 0 Å². The van der Waals surface area contributed by atoms with Gasteiger partial charge in [-0.1, -0.05) is 18.2 Å². The molecule has 3 aromatic rings. The van der Waals surface area contributed by atoms with Crippen molar-refractivity contribution in [2.45, 2.75) is 0 Å². The Labute approximate surface area is 175 Å². The van der Waals surface area contributed by atoms with Crippen molar-refractivity contribution in [2.75, 3.05) is 36.4 Å². The van der Waals surface area contributed by atoms with Crippen molar-refractivity contribution in [2.24, 2.45) is 0 Å². The average molecular weight is 402 g/mol. The maximum Gasteiger partial charge on any atom is 0.253 e. The Bertz CT molecular complexity index is 1030. The zero-order valence-electron chi connectivity index (χ0n) is 16.5. The fourth-order valence-corrected chi connectivity index (χ4v) is 3.60. The number of benzene rings is 3. The first-order valence-corrected chi connectivity index (χ1v) is 9.90. The second-order valence-corrected chi connectivity index (χ2v) is 7.19. The SMILES string of the molecule is N=Cc1cc(N2CCN(C(=O)c3ccccc3)CC2)ccc1Nc1ccc(F)cc1. The van der Waals surface area contributed by atoms with Gasteiger partial charge in [-0.3, -0.25) is 4.79 Å². The number of hydrogen-bond donors (Lipinski definition) is 2. The molecule has 0 bridgehead atoms. The predicted molar refractivity (Wildman–Crippen MR) is 119 cm³/mol. The van der Waals surface area contributed by atoms with Gasteiger partial charge in [-0.05, 0) is 54.6 Å². The minimum atomic E-state index is -0.284. The van der Waals surface area contributed by atoms with E-state index in [1.165, 1.54) is 18.3 Å². The maximum absolute atomic E-state index is 13.1. The van der Waals surface area contributed by atoms with Gasteiger partial charge in [0, 0.05) is 60.6 Å². The Morgan fingerprint density at radius 3 is 2.30 bits per heavy atom. The lowest BCUT2D eigenvalue weighted by molar-refractivity contribution is 0.0747. The molecule has 0 spiro atoms. The summed E-state index contributed by atoms with van der Waals surface area (Å²) in [5, 5.41) is 11.0. The summed E-state index contributed by atoms with van der Waals surface area (Å²) in [5.41, 5.74) is 4.04. The normalized spacial score (nSPS) is 13.8. The number of nitrogens with zero attached hydrogens (tertiary/aromatic N) is 2. The van der Waals surface area contributed by atoms with Gasteiger partial charge in [0.05, 0.1) is 0 Å². The zero-order valence-corrected chi connectivity index (χ0v) is 16.5. The Morgan fingerprint density at radius 2 is 1.63 bits per heavy atom. The van der Waals surface area contributed by atoms with Crippen molar-refractivity contribution in [1.82, 2.24) is 4.90 Å². The molecule has 1 fully saturated rings. The molecule has 0 aliphatic carbocycles. The highest BCUT2D eigenvalue weighted by molar-refractivity contribution is 5.94. The largest absolute Gasteiger partial charge is 0.368 e. The molecule has 6 heteroatoms. The van der Waals surface area contributed by atoms with E-state index in [0.29, 0.717) is 18.7 Å². The Morgan fingerprint density at radius 1 is 0.933 bits per heavy atom. The van der Waals surface area contributed by atoms with Gasteiger partial charge in [0.25, 0.3) is 5.91 Å². The fraction of sp³-hybridized carbons (Fsp3) is 0.167. The smallest absolute Gasteiger partial charge is 0.253 e. The summed E-state index contributed by atoms with van der Waals surface area (Å²) >= 11 is 0. The van der Waals surface area contributed by atoms with Crippen LogP contribution in [0.4, 0.5) is 21.5 Å². The molecule has 0 aromatic heterocycles. The quantitative estimate of drug-likeness (QED) is 0.617. The van der Waals surface area contributed by atoms with Gasteiger partial charge in [-0.25, -0.2) is 4.39 Å². The van der Waals surface area contributed by atoms with E-state index in [9.17, 15) is 9.18 Å². The van der Waals surface area contributed by atoms with Crippen molar-refractivity contribution in [3.05, 3.63) is 89.7 Å². The maximum atomic E-state index is 13.1. The van der Waals surface area contributed by atoms with Crippen molar-refractivity contribution in [3.63, 3.8) is 0 Å². The fourth-order valence-electron chi connectivity index (χ4n) is 3.60.